The third-order valence-corrected chi connectivity index (χ3v) is 12.7. The van der Waals surface area contributed by atoms with Gasteiger partial charge in [-0.15, -0.1) is 0 Å². The molecule has 0 aromatic rings. The molecule has 68 heavy (non-hydrogen) atoms. The Labute approximate surface area is 421 Å². The Kier molecular flexibility index (Phi) is 54.3. The zero-order chi connectivity index (χ0) is 49.3. The topological polar surface area (TPSA) is 78.9 Å². The van der Waals surface area contributed by atoms with E-state index in [9.17, 15) is 14.4 Å². The van der Waals surface area contributed by atoms with Crippen molar-refractivity contribution < 1.29 is 28.6 Å². The van der Waals surface area contributed by atoms with Gasteiger partial charge in [-0.05, 0) is 89.9 Å². The van der Waals surface area contributed by atoms with E-state index in [-0.39, 0.29) is 31.1 Å². The lowest BCUT2D eigenvalue weighted by Gasteiger charge is -2.18. The molecule has 6 heteroatoms. The minimum absolute atomic E-state index is 0.0843. The van der Waals surface area contributed by atoms with Gasteiger partial charge in [-0.25, -0.2) is 0 Å². The van der Waals surface area contributed by atoms with Crippen molar-refractivity contribution in [3.05, 3.63) is 60.8 Å². The van der Waals surface area contributed by atoms with Crippen LogP contribution in [0.25, 0.3) is 0 Å². The zero-order valence-corrected chi connectivity index (χ0v) is 45.1. The Morgan fingerprint density at radius 2 is 0.529 bits per heavy atom. The molecular formula is C62H110O6. The molecule has 0 rings (SSSR count). The van der Waals surface area contributed by atoms with E-state index in [1.165, 1.54) is 173 Å². The predicted molar refractivity (Wildman–Crippen MR) is 293 cm³/mol. The Bertz CT molecular complexity index is 1230. The molecule has 0 aliphatic heterocycles. The maximum atomic E-state index is 12.9. The summed E-state index contributed by atoms with van der Waals surface area (Å²) in [4.78, 5) is 38.2. The van der Waals surface area contributed by atoms with Crippen LogP contribution in [-0.2, 0) is 28.6 Å². The number of carbonyl (C=O) groups excluding carboxylic acids is 3. The zero-order valence-electron chi connectivity index (χ0n) is 45.1. The van der Waals surface area contributed by atoms with Gasteiger partial charge in [0, 0.05) is 19.3 Å². The van der Waals surface area contributed by atoms with Gasteiger partial charge in [-0.2, -0.15) is 0 Å². The summed E-state index contributed by atoms with van der Waals surface area (Å²) < 4.78 is 16.9. The molecule has 0 aromatic heterocycles. The molecule has 0 aromatic carbocycles. The van der Waals surface area contributed by atoms with E-state index in [4.69, 9.17) is 14.2 Å². The quantitative estimate of drug-likeness (QED) is 0.0262. The van der Waals surface area contributed by atoms with Crippen LogP contribution in [0.3, 0.4) is 0 Å². The lowest BCUT2D eigenvalue weighted by atomic mass is 10.0. The molecule has 0 saturated heterocycles. The van der Waals surface area contributed by atoms with E-state index in [1.54, 1.807) is 0 Å². The lowest BCUT2D eigenvalue weighted by Crippen LogP contribution is -2.30. The first-order valence-corrected chi connectivity index (χ1v) is 29.3. The van der Waals surface area contributed by atoms with Crippen molar-refractivity contribution in [1.29, 1.82) is 0 Å². The van der Waals surface area contributed by atoms with Crippen molar-refractivity contribution in [1.82, 2.24) is 0 Å². The Morgan fingerprint density at radius 3 is 0.897 bits per heavy atom. The van der Waals surface area contributed by atoms with Crippen LogP contribution >= 0.6 is 0 Å². The van der Waals surface area contributed by atoms with E-state index in [1.807, 2.05) is 0 Å². The average Bonchev–Trinajstić information content (AvgIpc) is 3.34. The minimum Gasteiger partial charge on any atom is -0.462 e. The van der Waals surface area contributed by atoms with Gasteiger partial charge in [0.1, 0.15) is 13.2 Å². The number of carbonyl (C=O) groups is 3. The number of esters is 3. The van der Waals surface area contributed by atoms with Gasteiger partial charge in [0.05, 0.1) is 0 Å². The molecule has 0 aliphatic rings. The summed E-state index contributed by atoms with van der Waals surface area (Å²) in [7, 11) is 0. The summed E-state index contributed by atoms with van der Waals surface area (Å²) in [6, 6.07) is 0. The average molecular weight is 952 g/mol. The second kappa shape index (κ2) is 56.7. The van der Waals surface area contributed by atoms with Gasteiger partial charge in [-0.3, -0.25) is 14.4 Å². The second-order valence-corrected chi connectivity index (χ2v) is 19.6. The van der Waals surface area contributed by atoms with Crippen molar-refractivity contribution in [2.24, 2.45) is 0 Å². The minimum atomic E-state index is -0.787. The first-order chi connectivity index (χ1) is 33.5. The highest BCUT2D eigenvalue weighted by Crippen LogP contribution is 2.16. The highest BCUT2D eigenvalue weighted by atomic mass is 16.6. The first kappa shape index (κ1) is 65.1. The summed E-state index contributed by atoms with van der Waals surface area (Å²) in [6.45, 7) is 6.60. The number of hydrogen-bond donors (Lipinski definition) is 0. The largest absolute Gasteiger partial charge is 0.462 e. The van der Waals surface area contributed by atoms with E-state index in [0.717, 1.165) is 83.5 Å². The number of ether oxygens (including phenoxy) is 3. The Balaban J connectivity index is 4.42. The maximum Gasteiger partial charge on any atom is 0.306 e. The molecule has 0 fully saturated rings. The SMILES string of the molecule is CCCCC/C=C/C/C=C/C/C=C/C/C=C/CCCCCC(=O)OC[C@@H](COC(=O)CCCCCCCCC/C=C/CCCCCC)OC(=O)CCCCCCCCCCCCCCCCCC. The fourth-order valence-electron chi connectivity index (χ4n) is 8.30. The molecule has 0 bridgehead atoms. The maximum absolute atomic E-state index is 12.9. The molecule has 0 saturated carbocycles. The molecule has 0 spiro atoms. The van der Waals surface area contributed by atoms with Crippen LogP contribution in [0.4, 0.5) is 0 Å². The molecule has 394 valence electrons. The molecular weight excluding hydrogens is 841 g/mol. The van der Waals surface area contributed by atoms with Crippen LogP contribution in [0.1, 0.15) is 297 Å². The van der Waals surface area contributed by atoms with Gasteiger partial charge < -0.3 is 14.2 Å². The molecule has 0 unspecified atom stereocenters. The molecule has 1 atom stereocenters. The normalized spacial score (nSPS) is 12.5. The van der Waals surface area contributed by atoms with E-state index < -0.39 is 6.10 Å². The monoisotopic (exact) mass is 951 g/mol. The fraction of sp³-hybridized carbons (Fsp3) is 0.790. The smallest absolute Gasteiger partial charge is 0.306 e. The van der Waals surface area contributed by atoms with Gasteiger partial charge in [-0.1, -0.05) is 248 Å². The summed E-state index contributed by atoms with van der Waals surface area (Å²) in [6.07, 6.45) is 70.6. The summed E-state index contributed by atoms with van der Waals surface area (Å²) in [5.74, 6) is -0.907. The first-order valence-electron chi connectivity index (χ1n) is 29.3. The molecule has 0 aliphatic carbocycles. The van der Waals surface area contributed by atoms with Crippen LogP contribution in [0, 0.1) is 0 Å². The number of hydrogen-bond acceptors (Lipinski definition) is 6. The molecule has 0 N–H and O–H groups in total. The molecule has 0 amide bonds. The van der Waals surface area contributed by atoms with E-state index in [2.05, 4.69) is 81.5 Å². The van der Waals surface area contributed by atoms with Crippen molar-refractivity contribution in [2.45, 2.75) is 303 Å². The molecule has 6 nitrogen and oxygen atoms in total. The highest BCUT2D eigenvalue weighted by molar-refractivity contribution is 5.71. The van der Waals surface area contributed by atoms with Crippen LogP contribution in [0.15, 0.2) is 60.8 Å². The van der Waals surface area contributed by atoms with E-state index in [0.29, 0.717) is 19.3 Å². The third kappa shape index (κ3) is 54.1. The van der Waals surface area contributed by atoms with Crippen molar-refractivity contribution in [3.8, 4) is 0 Å². The summed E-state index contributed by atoms with van der Waals surface area (Å²) in [5.41, 5.74) is 0. The highest BCUT2D eigenvalue weighted by Gasteiger charge is 2.19. The van der Waals surface area contributed by atoms with Gasteiger partial charge in [0.15, 0.2) is 6.10 Å². The van der Waals surface area contributed by atoms with Crippen molar-refractivity contribution in [3.63, 3.8) is 0 Å². The van der Waals surface area contributed by atoms with Gasteiger partial charge >= 0.3 is 17.9 Å². The van der Waals surface area contributed by atoms with Crippen molar-refractivity contribution >= 4 is 17.9 Å². The molecule has 0 heterocycles. The van der Waals surface area contributed by atoms with Crippen LogP contribution in [0.5, 0.6) is 0 Å². The number of allylic oxidation sites excluding steroid dienone is 10. The van der Waals surface area contributed by atoms with Gasteiger partial charge in [0.25, 0.3) is 0 Å². The van der Waals surface area contributed by atoms with Crippen molar-refractivity contribution in [2.75, 3.05) is 13.2 Å². The van der Waals surface area contributed by atoms with Crippen LogP contribution < -0.4 is 0 Å². The summed E-state index contributed by atoms with van der Waals surface area (Å²) >= 11 is 0. The lowest BCUT2D eigenvalue weighted by molar-refractivity contribution is -0.167. The number of rotatable bonds is 53. The van der Waals surface area contributed by atoms with Gasteiger partial charge in [0.2, 0.25) is 0 Å². The second-order valence-electron chi connectivity index (χ2n) is 19.6. The summed E-state index contributed by atoms with van der Waals surface area (Å²) in [5, 5.41) is 0. The third-order valence-electron chi connectivity index (χ3n) is 12.7. The Morgan fingerprint density at radius 1 is 0.294 bits per heavy atom. The Hall–Kier alpha value is -2.89. The van der Waals surface area contributed by atoms with Crippen LogP contribution in [-0.4, -0.2) is 37.2 Å². The van der Waals surface area contributed by atoms with Crippen LogP contribution in [0.2, 0.25) is 0 Å². The number of unbranched alkanes of at least 4 members (excludes halogenated alkanes) is 32. The fourth-order valence-corrected chi connectivity index (χ4v) is 8.30. The molecule has 0 radical (unpaired) electrons. The standard InChI is InChI=1S/C62H110O6/c1-4-7-10-13-16-19-22-25-28-30-31-32-35-37-40-43-46-49-52-55-61(64)67-58-59(57-66-60(63)54-51-48-45-42-39-36-33-27-24-21-18-15-12-9-6-3)68-62(65)56-53-50-47-44-41-38-34-29-26-23-20-17-14-11-8-5-2/h16,19,21,24-25,28,31-32,37,40,59H,4-15,17-18,20,22-23,26-27,29-30,33-36,38-39,41-58H2,1-3H3/b19-16+,24-21+,28-25+,32-31+,40-37+/t59-/m1/s1. The van der Waals surface area contributed by atoms with E-state index >= 15 is 0 Å². The predicted octanol–water partition coefficient (Wildman–Crippen LogP) is 19.6.